The summed E-state index contributed by atoms with van der Waals surface area (Å²) in [6, 6.07) is 3.41. The number of ether oxygens (including phenoxy) is 1. The summed E-state index contributed by atoms with van der Waals surface area (Å²) in [5.41, 5.74) is 1.08. The molecule has 2 rings (SSSR count). The van der Waals surface area contributed by atoms with Gasteiger partial charge in [0, 0.05) is 23.9 Å². The fourth-order valence-corrected chi connectivity index (χ4v) is 3.22. The SMILES string of the molecule is COC(=O)c1sccc1NC(=O)CCCNC(=O)c1ccsc1. The monoisotopic (exact) mass is 352 g/mol. The number of thiophene rings is 2. The fourth-order valence-electron chi connectivity index (χ4n) is 1.82. The molecule has 0 bridgehead atoms. The summed E-state index contributed by atoms with van der Waals surface area (Å²) in [7, 11) is 1.30. The third kappa shape index (κ3) is 4.90. The van der Waals surface area contributed by atoms with E-state index in [1.54, 1.807) is 22.9 Å². The van der Waals surface area contributed by atoms with Gasteiger partial charge in [-0.25, -0.2) is 4.79 Å². The smallest absolute Gasteiger partial charge is 0.350 e. The second kappa shape index (κ2) is 8.44. The Morgan fingerprint density at radius 1 is 1.22 bits per heavy atom. The molecule has 0 spiro atoms. The highest BCUT2D eigenvalue weighted by Crippen LogP contribution is 2.23. The molecule has 2 aromatic rings. The number of carbonyl (C=O) groups excluding carboxylic acids is 3. The van der Waals surface area contributed by atoms with Crippen LogP contribution in [0.1, 0.15) is 32.9 Å². The largest absolute Gasteiger partial charge is 0.465 e. The average Bonchev–Trinajstić information content (AvgIpc) is 3.22. The van der Waals surface area contributed by atoms with Gasteiger partial charge in [-0.3, -0.25) is 9.59 Å². The summed E-state index contributed by atoms with van der Waals surface area (Å²) in [5.74, 6) is -0.825. The first kappa shape index (κ1) is 17.2. The summed E-state index contributed by atoms with van der Waals surface area (Å²) in [5, 5.41) is 10.8. The Kier molecular flexibility index (Phi) is 6.30. The van der Waals surface area contributed by atoms with Gasteiger partial charge in [0.2, 0.25) is 5.91 Å². The lowest BCUT2D eigenvalue weighted by atomic mass is 10.2. The van der Waals surface area contributed by atoms with Crippen molar-refractivity contribution in [2.24, 2.45) is 0 Å². The van der Waals surface area contributed by atoms with Gasteiger partial charge in [0.25, 0.3) is 5.91 Å². The second-order valence-electron chi connectivity index (χ2n) is 4.57. The lowest BCUT2D eigenvalue weighted by Crippen LogP contribution is -2.25. The van der Waals surface area contributed by atoms with Crippen molar-refractivity contribution in [3.8, 4) is 0 Å². The van der Waals surface area contributed by atoms with Crippen molar-refractivity contribution in [1.82, 2.24) is 5.32 Å². The van der Waals surface area contributed by atoms with Gasteiger partial charge in [-0.1, -0.05) is 0 Å². The first-order valence-electron chi connectivity index (χ1n) is 6.88. The van der Waals surface area contributed by atoms with Gasteiger partial charge in [-0.2, -0.15) is 11.3 Å². The van der Waals surface area contributed by atoms with E-state index < -0.39 is 5.97 Å². The molecule has 2 aromatic heterocycles. The van der Waals surface area contributed by atoms with Crippen LogP contribution in [0.2, 0.25) is 0 Å². The Labute approximate surface area is 141 Å². The van der Waals surface area contributed by atoms with Crippen molar-refractivity contribution in [3.05, 3.63) is 38.7 Å². The quantitative estimate of drug-likeness (QED) is 0.593. The molecule has 0 unspecified atom stereocenters. The van der Waals surface area contributed by atoms with Crippen LogP contribution >= 0.6 is 22.7 Å². The molecular formula is C15H16N2O4S2. The average molecular weight is 352 g/mol. The zero-order valence-corrected chi connectivity index (χ0v) is 14.1. The summed E-state index contributed by atoms with van der Waals surface area (Å²) < 4.78 is 4.65. The zero-order valence-electron chi connectivity index (χ0n) is 12.5. The molecular weight excluding hydrogens is 336 g/mol. The number of hydrogen-bond donors (Lipinski definition) is 2. The molecule has 0 aromatic carbocycles. The van der Waals surface area contributed by atoms with Gasteiger partial charge >= 0.3 is 5.97 Å². The van der Waals surface area contributed by atoms with E-state index in [2.05, 4.69) is 15.4 Å². The maximum Gasteiger partial charge on any atom is 0.350 e. The summed E-state index contributed by atoms with van der Waals surface area (Å²) in [6.07, 6.45) is 0.764. The number of hydrogen-bond acceptors (Lipinski definition) is 6. The van der Waals surface area contributed by atoms with Gasteiger partial charge < -0.3 is 15.4 Å². The predicted octanol–water partition coefficient (Wildman–Crippen LogP) is 2.74. The number of carbonyl (C=O) groups is 3. The Morgan fingerprint density at radius 2 is 2.04 bits per heavy atom. The molecule has 0 aliphatic heterocycles. The minimum Gasteiger partial charge on any atom is -0.465 e. The van der Waals surface area contributed by atoms with Gasteiger partial charge in [-0.05, 0) is 29.3 Å². The van der Waals surface area contributed by atoms with Gasteiger partial charge in [-0.15, -0.1) is 11.3 Å². The lowest BCUT2D eigenvalue weighted by Gasteiger charge is -2.06. The molecule has 0 aliphatic carbocycles. The number of anilines is 1. The van der Waals surface area contributed by atoms with Gasteiger partial charge in [0.05, 0.1) is 12.8 Å². The first-order chi connectivity index (χ1) is 11.1. The molecule has 23 heavy (non-hydrogen) atoms. The fraction of sp³-hybridized carbons (Fsp3) is 0.267. The van der Waals surface area contributed by atoms with Crippen LogP contribution in [0.3, 0.4) is 0 Å². The molecule has 0 atom stereocenters. The third-order valence-corrected chi connectivity index (χ3v) is 4.54. The van der Waals surface area contributed by atoms with E-state index in [0.29, 0.717) is 29.1 Å². The van der Waals surface area contributed by atoms with Crippen LogP contribution in [0.15, 0.2) is 28.3 Å². The van der Waals surface area contributed by atoms with Crippen LogP contribution < -0.4 is 10.6 Å². The number of rotatable bonds is 7. The maximum absolute atomic E-state index is 11.9. The standard InChI is InChI=1S/C15H16N2O4S2/c1-21-15(20)13-11(5-8-23-13)17-12(18)3-2-6-16-14(19)10-4-7-22-9-10/h4-5,7-9H,2-3,6H2,1H3,(H,16,19)(H,17,18). The van der Waals surface area contributed by atoms with E-state index in [0.717, 1.165) is 0 Å². The molecule has 0 aliphatic rings. The molecule has 0 radical (unpaired) electrons. The Morgan fingerprint density at radius 3 is 2.74 bits per heavy atom. The first-order valence-corrected chi connectivity index (χ1v) is 8.70. The molecule has 0 fully saturated rings. The number of esters is 1. The van der Waals surface area contributed by atoms with E-state index in [9.17, 15) is 14.4 Å². The topological polar surface area (TPSA) is 84.5 Å². The van der Waals surface area contributed by atoms with Crippen molar-refractivity contribution in [1.29, 1.82) is 0 Å². The summed E-state index contributed by atoms with van der Waals surface area (Å²) >= 11 is 2.67. The highest BCUT2D eigenvalue weighted by molar-refractivity contribution is 7.12. The van der Waals surface area contributed by atoms with E-state index >= 15 is 0 Å². The van der Waals surface area contributed by atoms with Crippen molar-refractivity contribution in [3.63, 3.8) is 0 Å². The molecule has 2 amide bonds. The summed E-state index contributed by atoms with van der Waals surface area (Å²) in [6.45, 7) is 0.412. The van der Waals surface area contributed by atoms with Crippen LogP contribution in [0.5, 0.6) is 0 Å². The second-order valence-corrected chi connectivity index (χ2v) is 6.27. The van der Waals surface area contributed by atoms with E-state index in [4.69, 9.17) is 0 Å². The number of methoxy groups -OCH3 is 1. The third-order valence-electron chi connectivity index (χ3n) is 2.96. The van der Waals surface area contributed by atoms with Crippen LogP contribution in [-0.4, -0.2) is 31.4 Å². The van der Waals surface area contributed by atoms with Crippen LogP contribution in [0, 0.1) is 0 Å². The molecule has 122 valence electrons. The van der Waals surface area contributed by atoms with E-state index in [1.807, 2.05) is 5.38 Å². The number of nitrogens with one attached hydrogen (secondary N) is 2. The Bertz CT molecular complexity index is 679. The molecule has 8 heteroatoms. The Balaban J connectivity index is 1.72. The molecule has 2 N–H and O–H groups in total. The highest BCUT2D eigenvalue weighted by Gasteiger charge is 2.15. The van der Waals surface area contributed by atoms with Crippen LogP contribution in [-0.2, 0) is 9.53 Å². The minimum atomic E-state index is -0.474. The predicted molar refractivity (Wildman–Crippen MR) is 90.2 cm³/mol. The van der Waals surface area contributed by atoms with Crippen molar-refractivity contribution in [2.75, 3.05) is 19.0 Å². The maximum atomic E-state index is 11.9. The zero-order chi connectivity index (χ0) is 16.7. The van der Waals surface area contributed by atoms with Gasteiger partial charge in [0.15, 0.2) is 0 Å². The molecule has 0 saturated heterocycles. The van der Waals surface area contributed by atoms with Crippen LogP contribution in [0.25, 0.3) is 0 Å². The minimum absolute atomic E-state index is 0.141. The molecule has 2 heterocycles. The molecule has 0 saturated carbocycles. The van der Waals surface area contributed by atoms with Crippen molar-refractivity contribution < 1.29 is 19.1 Å². The van der Waals surface area contributed by atoms with Gasteiger partial charge in [0.1, 0.15) is 4.88 Å². The normalized spacial score (nSPS) is 10.1. The van der Waals surface area contributed by atoms with Crippen molar-refractivity contribution >= 4 is 46.1 Å². The highest BCUT2D eigenvalue weighted by atomic mass is 32.1. The molecule has 6 nitrogen and oxygen atoms in total. The van der Waals surface area contributed by atoms with Crippen LogP contribution in [0.4, 0.5) is 5.69 Å². The van der Waals surface area contributed by atoms with E-state index in [-0.39, 0.29) is 18.2 Å². The van der Waals surface area contributed by atoms with E-state index in [1.165, 1.54) is 29.8 Å². The number of amides is 2. The lowest BCUT2D eigenvalue weighted by molar-refractivity contribution is -0.116. The summed E-state index contributed by atoms with van der Waals surface area (Å²) in [4.78, 5) is 35.5. The van der Waals surface area contributed by atoms with Crippen molar-refractivity contribution in [2.45, 2.75) is 12.8 Å². The Hall–Kier alpha value is -2.19.